The number of carbonyl (C=O) groups is 2. The summed E-state index contributed by atoms with van der Waals surface area (Å²) in [6.45, 7) is 1.74. The zero-order chi connectivity index (χ0) is 19.1. The molecule has 0 aliphatic carbocycles. The van der Waals surface area contributed by atoms with E-state index in [1.165, 1.54) is 6.20 Å². The number of hydrogen-bond donors (Lipinski definition) is 4. The lowest BCUT2D eigenvalue weighted by molar-refractivity contribution is -0.139. The Kier molecular flexibility index (Phi) is 6.68. The van der Waals surface area contributed by atoms with Gasteiger partial charge in [0.25, 0.3) is 0 Å². The maximum absolute atomic E-state index is 11.6. The van der Waals surface area contributed by atoms with Crippen molar-refractivity contribution in [3.05, 3.63) is 58.9 Å². The van der Waals surface area contributed by atoms with E-state index in [4.69, 9.17) is 5.11 Å². The Hall–Kier alpha value is -2.93. The second-order valence-corrected chi connectivity index (χ2v) is 6.05. The van der Waals surface area contributed by atoms with Gasteiger partial charge in [-0.2, -0.15) is 0 Å². The number of rotatable bonds is 9. The molecule has 0 spiro atoms. The first-order valence-electron chi connectivity index (χ1n) is 8.26. The monoisotopic (exact) mass is 358 g/mol. The molecule has 7 heteroatoms. The fourth-order valence-electron chi connectivity index (χ4n) is 2.66. The molecule has 1 atom stereocenters. The Balaban J connectivity index is 2.15. The summed E-state index contributed by atoms with van der Waals surface area (Å²) in [5.74, 6) is -1.98. The van der Waals surface area contributed by atoms with Crippen LogP contribution >= 0.6 is 0 Å². The lowest BCUT2D eigenvalue weighted by atomic mass is 10.0. The molecule has 1 aromatic heterocycles. The highest BCUT2D eigenvalue weighted by molar-refractivity contribution is 5.74. The summed E-state index contributed by atoms with van der Waals surface area (Å²) in [6.07, 6.45) is 1.95. The molecule has 0 saturated heterocycles. The van der Waals surface area contributed by atoms with Crippen molar-refractivity contribution in [2.45, 2.75) is 38.8 Å². The molecule has 0 fully saturated rings. The number of aromatic nitrogens is 1. The summed E-state index contributed by atoms with van der Waals surface area (Å²) in [4.78, 5) is 26.4. The van der Waals surface area contributed by atoms with Gasteiger partial charge < -0.3 is 15.3 Å². The van der Waals surface area contributed by atoms with E-state index in [-0.39, 0.29) is 25.1 Å². The molecular formula is C19H22N2O5. The smallest absolute Gasteiger partial charge is 0.321 e. The van der Waals surface area contributed by atoms with E-state index >= 15 is 0 Å². The predicted molar refractivity (Wildman–Crippen MR) is 95.0 cm³/mol. The van der Waals surface area contributed by atoms with Crippen LogP contribution in [0.4, 0.5) is 0 Å². The molecule has 0 aliphatic rings. The average Bonchev–Trinajstić information content (AvgIpc) is 2.61. The number of nitrogens with zero attached hydrogens (tertiary/aromatic N) is 1. The summed E-state index contributed by atoms with van der Waals surface area (Å²) in [5.41, 5.74) is 2.37. The fourth-order valence-corrected chi connectivity index (χ4v) is 2.66. The molecule has 0 saturated carbocycles. The van der Waals surface area contributed by atoms with Crippen molar-refractivity contribution < 1.29 is 24.9 Å². The van der Waals surface area contributed by atoms with Gasteiger partial charge in [-0.05, 0) is 30.9 Å². The number of hydrogen-bond acceptors (Lipinski definition) is 5. The van der Waals surface area contributed by atoms with Crippen molar-refractivity contribution in [2.24, 2.45) is 0 Å². The minimum atomic E-state index is -0.994. The third-order valence-electron chi connectivity index (χ3n) is 4.14. The SMILES string of the molecule is Cc1ncc(CCC(=O)O)c(CN[C@@H](Cc2ccccc2)C(=O)O)c1O. The zero-order valence-corrected chi connectivity index (χ0v) is 14.5. The molecule has 2 aromatic rings. The van der Waals surface area contributed by atoms with Gasteiger partial charge in [-0.25, -0.2) is 0 Å². The average molecular weight is 358 g/mol. The van der Waals surface area contributed by atoms with Crippen LogP contribution < -0.4 is 5.32 Å². The number of aromatic hydroxyl groups is 1. The molecule has 0 amide bonds. The second-order valence-electron chi connectivity index (χ2n) is 6.05. The van der Waals surface area contributed by atoms with E-state index in [0.29, 0.717) is 23.2 Å². The van der Waals surface area contributed by atoms with Crippen LogP contribution in [0.2, 0.25) is 0 Å². The van der Waals surface area contributed by atoms with Crippen molar-refractivity contribution in [3.8, 4) is 5.75 Å². The van der Waals surface area contributed by atoms with Gasteiger partial charge in [-0.15, -0.1) is 0 Å². The van der Waals surface area contributed by atoms with Crippen molar-refractivity contribution in [1.82, 2.24) is 10.3 Å². The third kappa shape index (κ3) is 5.29. The molecule has 138 valence electrons. The summed E-state index contributed by atoms with van der Waals surface area (Å²) in [5, 5.41) is 31.6. The maximum atomic E-state index is 11.6. The van der Waals surface area contributed by atoms with Crippen molar-refractivity contribution in [1.29, 1.82) is 0 Å². The van der Waals surface area contributed by atoms with Gasteiger partial charge >= 0.3 is 11.9 Å². The number of carboxylic acid groups (broad SMARTS) is 2. The van der Waals surface area contributed by atoms with E-state index in [1.807, 2.05) is 30.3 Å². The lowest BCUT2D eigenvalue weighted by Crippen LogP contribution is -2.38. The van der Waals surface area contributed by atoms with Crippen LogP contribution in [0.3, 0.4) is 0 Å². The highest BCUT2D eigenvalue weighted by Gasteiger charge is 2.20. The van der Waals surface area contributed by atoms with Gasteiger partial charge in [0.05, 0.1) is 5.69 Å². The van der Waals surface area contributed by atoms with E-state index in [0.717, 1.165) is 5.56 Å². The Labute approximate surface area is 151 Å². The van der Waals surface area contributed by atoms with Crippen LogP contribution in [0.5, 0.6) is 5.75 Å². The highest BCUT2D eigenvalue weighted by atomic mass is 16.4. The van der Waals surface area contributed by atoms with Crippen molar-refractivity contribution in [3.63, 3.8) is 0 Å². The maximum Gasteiger partial charge on any atom is 0.321 e. The molecular weight excluding hydrogens is 336 g/mol. The van der Waals surface area contributed by atoms with Crippen LogP contribution in [-0.4, -0.2) is 38.3 Å². The first-order chi connectivity index (χ1) is 12.4. The normalized spacial score (nSPS) is 11.9. The minimum absolute atomic E-state index is 0.0377. The number of aliphatic carboxylic acids is 2. The number of pyridine rings is 1. The molecule has 2 rings (SSSR count). The van der Waals surface area contributed by atoms with Crippen LogP contribution in [0.15, 0.2) is 36.5 Å². The first kappa shape index (κ1) is 19.4. The second kappa shape index (κ2) is 8.96. The molecule has 0 radical (unpaired) electrons. The van der Waals surface area contributed by atoms with Gasteiger partial charge in [-0.1, -0.05) is 30.3 Å². The van der Waals surface area contributed by atoms with Crippen molar-refractivity contribution in [2.75, 3.05) is 0 Å². The van der Waals surface area contributed by atoms with Gasteiger partial charge in [-0.3, -0.25) is 19.9 Å². The Morgan fingerprint density at radius 1 is 1.19 bits per heavy atom. The molecule has 0 aliphatic heterocycles. The Bertz CT molecular complexity index is 777. The van der Waals surface area contributed by atoms with Gasteiger partial charge in [0.15, 0.2) is 0 Å². The van der Waals surface area contributed by atoms with Crippen LogP contribution in [-0.2, 0) is 29.0 Å². The van der Waals surface area contributed by atoms with E-state index < -0.39 is 18.0 Å². The molecule has 4 N–H and O–H groups in total. The molecule has 7 nitrogen and oxygen atoms in total. The number of nitrogens with one attached hydrogen (secondary N) is 1. The molecule has 1 aromatic carbocycles. The summed E-state index contributed by atoms with van der Waals surface area (Å²) in [6, 6.07) is 8.41. The summed E-state index contributed by atoms with van der Waals surface area (Å²) in [7, 11) is 0. The molecule has 0 unspecified atom stereocenters. The topological polar surface area (TPSA) is 120 Å². The number of carboxylic acids is 2. The molecule has 1 heterocycles. The minimum Gasteiger partial charge on any atom is -0.506 e. The summed E-state index contributed by atoms with van der Waals surface area (Å²) >= 11 is 0. The molecule has 0 bridgehead atoms. The predicted octanol–water partition coefficient (Wildman–Crippen LogP) is 1.90. The van der Waals surface area contributed by atoms with E-state index in [9.17, 15) is 19.8 Å². The van der Waals surface area contributed by atoms with E-state index in [2.05, 4.69) is 10.3 Å². The quantitative estimate of drug-likeness (QED) is 0.540. The zero-order valence-electron chi connectivity index (χ0n) is 14.5. The van der Waals surface area contributed by atoms with Crippen LogP contribution in [0.25, 0.3) is 0 Å². The highest BCUT2D eigenvalue weighted by Crippen LogP contribution is 2.25. The number of aryl methyl sites for hydroxylation is 2. The van der Waals surface area contributed by atoms with Gasteiger partial charge in [0.1, 0.15) is 11.8 Å². The Morgan fingerprint density at radius 2 is 1.88 bits per heavy atom. The first-order valence-corrected chi connectivity index (χ1v) is 8.26. The fraction of sp³-hybridized carbons (Fsp3) is 0.316. The Morgan fingerprint density at radius 3 is 2.50 bits per heavy atom. The van der Waals surface area contributed by atoms with Crippen LogP contribution in [0.1, 0.15) is 28.8 Å². The van der Waals surface area contributed by atoms with Crippen LogP contribution in [0, 0.1) is 6.92 Å². The molecule has 26 heavy (non-hydrogen) atoms. The lowest BCUT2D eigenvalue weighted by Gasteiger charge is -2.18. The standard InChI is InChI=1S/C19H22N2O5/c1-12-18(24)15(14(10-20-12)7-8-17(22)23)11-21-16(19(25)26)9-13-5-3-2-4-6-13/h2-6,10,16,21,24H,7-9,11H2,1H3,(H,22,23)(H,25,26)/t16-/m0/s1. The van der Waals surface area contributed by atoms with Crippen molar-refractivity contribution >= 4 is 11.9 Å². The van der Waals surface area contributed by atoms with E-state index in [1.54, 1.807) is 6.92 Å². The number of benzene rings is 1. The van der Waals surface area contributed by atoms with Gasteiger partial charge in [0, 0.05) is 24.7 Å². The third-order valence-corrected chi connectivity index (χ3v) is 4.14. The van der Waals surface area contributed by atoms with Gasteiger partial charge in [0.2, 0.25) is 0 Å². The largest absolute Gasteiger partial charge is 0.506 e. The summed E-state index contributed by atoms with van der Waals surface area (Å²) < 4.78 is 0.